The molecule has 108 valence electrons. The van der Waals surface area contributed by atoms with E-state index in [1.807, 2.05) is 20.8 Å². The van der Waals surface area contributed by atoms with Crippen LogP contribution in [0.4, 0.5) is 11.4 Å². The average Bonchev–Trinajstić information content (AvgIpc) is 2.80. The lowest BCUT2D eigenvalue weighted by Gasteiger charge is -2.08. The summed E-state index contributed by atoms with van der Waals surface area (Å²) in [5.41, 5.74) is 7.47. The maximum absolute atomic E-state index is 12.2. The number of hydrogen-bond acceptors (Lipinski definition) is 4. The second-order valence-corrected chi connectivity index (χ2v) is 6.61. The van der Waals surface area contributed by atoms with Crippen molar-refractivity contribution in [1.82, 2.24) is 9.78 Å². The highest BCUT2D eigenvalue weighted by atomic mass is 32.2. The Bertz CT molecular complexity index is 720. The van der Waals surface area contributed by atoms with E-state index < -0.39 is 10.0 Å². The van der Waals surface area contributed by atoms with Crippen molar-refractivity contribution >= 4 is 21.4 Å². The van der Waals surface area contributed by atoms with Crippen LogP contribution < -0.4 is 10.5 Å². The van der Waals surface area contributed by atoms with Gasteiger partial charge in [0.1, 0.15) is 0 Å². The molecule has 7 heteroatoms. The highest BCUT2D eigenvalue weighted by molar-refractivity contribution is 7.92. The lowest BCUT2D eigenvalue weighted by molar-refractivity contribution is 0.532. The Morgan fingerprint density at radius 1 is 1.35 bits per heavy atom. The number of hydrogen-bond donors (Lipinski definition) is 2. The number of rotatable bonds is 4. The number of anilines is 2. The van der Waals surface area contributed by atoms with Crippen LogP contribution in [0, 0.1) is 6.92 Å². The topological polar surface area (TPSA) is 90.0 Å². The van der Waals surface area contributed by atoms with Crippen LogP contribution in [0.3, 0.4) is 0 Å². The quantitative estimate of drug-likeness (QED) is 0.845. The molecule has 0 aliphatic carbocycles. The van der Waals surface area contributed by atoms with Crippen LogP contribution in [0.1, 0.15) is 25.5 Å². The minimum absolute atomic E-state index is 0.137. The number of nitrogens with zero attached hydrogens (tertiary/aromatic N) is 2. The molecule has 2 rings (SSSR count). The van der Waals surface area contributed by atoms with Crippen molar-refractivity contribution < 1.29 is 8.42 Å². The molecule has 1 heterocycles. The van der Waals surface area contributed by atoms with Crippen LogP contribution in [0.15, 0.2) is 35.5 Å². The molecule has 1 aromatic heterocycles. The zero-order chi connectivity index (χ0) is 14.9. The second kappa shape index (κ2) is 5.16. The SMILES string of the molecule is Cc1ccc(S(=O)(=O)Nc2cnn(C(C)C)c2)cc1N. The molecule has 0 saturated heterocycles. The van der Waals surface area contributed by atoms with E-state index in [1.54, 1.807) is 16.9 Å². The van der Waals surface area contributed by atoms with Gasteiger partial charge in [0, 0.05) is 17.9 Å². The van der Waals surface area contributed by atoms with Gasteiger partial charge in [0.05, 0.1) is 16.8 Å². The highest BCUT2D eigenvalue weighted by Gasteiger charge is 2.16. The molecular weight excluding hydrogens is 276 g/mol. The lowest BCUT2D eigenvalue weighted by Crippen LogP contribution is -2.13. The lowest BCUT2D eigenvalue weighted by atomic mass is 10.2. The summed E-state index contributed by atoms with van der Waals surface area (Å²) >= 11 is 0. The van der Waals surface area contributed by atoms with Gasteiger partial charge in [-0.25, -0.2) is 8.42 Å². The van der Waals surface area contributed by atoms with Crippen molar-refractivity contribution in [1.29, 1.82) is 0 Å². The van der Waals surface area contributed by atoms with Gasteiger partial charge >= 0.3 is 0 Å². The Morgan fingerprint density at radius 3 is 2.60 bits per heavy atom. The fourth-order valence-corrected chi connectivity index (χ4v) is 2.74. The summed E-state index contributed by atoms with van der Waals surface area (Å²) in [6.07, 6.45) is 3.13. The van der Waals surface area contributed by atoms with Crippen LogP contribution >= 0.6 is 0 Å². The monoisotopic (exact) mass is 294 g/mol. The Morgan fingerprint density at radius 2 is 2.05 bits per heavy atom. The molecule has 0 unspecified atom stereocenters. The van der Waals surface area contributed by atoms with Gasteiger partial charge in [-0.2, -0.15) is 5.10 Å². The summed E-state index contributed by atoms with van der Waals surface area (Å²) in [4.78, 5) is 0.137. The molecule has 0 spiro atoms. The highest BCUT2D eigenvalue weighted by Crippen LogP contribution is 2.20. The van der Waals surface area contributed by atoms with Gasteiger partial charge in [-0.1, -0.05) is 6.07 Å². The van der Waals surface area contributed by atoms with Gasteiger partial charge in [-0.05, 0) is 38.5 Å². The largest absolute Gasteiger partial charge is 0.398 e. The number of aromatic nitrogens is 2. The first-order valence-electron chi connectivity index (χ1n) is 6.22. The fourth-order valence-electron chi connectivity index (χ4n) is 1.67. The van der Waals surface area contributed by atoms with Crippen LogP contribution in [0.5, 0.6) is 0 Å². The van der Waals surface area contributed by atoms with E-state index in [0.717, 1.165) is 5.56 Å². The molecule has 1 aromatic carbocycles. The van der Waals surface area contributed by atoms with E-state index >= 15 is 0 Å². The van der Waals surface area contributed by atoms with E-state index in [0.29, 0.717) is 11.4 Å². The predicted octanol–water partition coefficient (Wildman–Crippen LogP) is 2.16. The first-order valence-corrected chi connectivity index (χ1v) is 7.71. The number of nitrogens with one attached hydrogen (secondary N) is 1. The van der Waals surface area contributed by atoms with Crippen molar-refractivity contribution in [2.45, 2.75) is 31.7 Å². The Hall–Kier alpha value is -2.02. The summed E-state index contributed by atoms with van der Waals surface area (Å²) < 4.78 is 28.7. The van der Waals surface area contributed by atoms with Crippen molar-refractivity contribution in [3.05, 3.63) is 36.2 Å². The number of sulfonamides is 1. The van der Waals surface area contributed by atoms with Gasteiger partial charge in [0.2, 0.25) is 0 Å². The van der Waals surface area contributed by atoms with Gasteiger partial charge in [-0.3, -0.25) is 9.40 Å². The minimum Gasteiger partial charge on any atom is -0.398 e. The molecule has 3 N–H and O–H groups in total. The molecule has 2 aromatic rings. The molecule has 6 nitrogen and oxygen atoms in total. The smallest absolute Gasteiger partial charge is 0.262 e. The second-order valence-electron chi connectivity index (χ2n) is 4.93. The Labute approximate surface area is 118 Å². The summed E-state index contributed by atoms with van der Waals surface area (Å²) in [6, 6.07) is 4.83. The molecule has 0 radical (unpaired) electrons. The van der Waals surface area contributed by atoms with Gasteiger partial charge in [0.15, 0.2) is 0 Å². The third-order valence-corrected chi connectivity index (χ3v) is 4.32. The van der Waals surface area contributed by atoms with E-state index in [4.69, 9.17) is 5.73 Å². The maximum Gasteiger partial charge on any atom is 0.262 e. The summed E-state index contributed by atoms with van der Waals surface area (Å²) in [5.74, 6) is 0. The summed E-state index contributed by atoms with van der Waals surface area (Å²) in [7, 11) is -3.65. The van der Waals surface area contributed by atoms with Crippen molar-refractivity contribution in [2.75, 3.05) is 10.5 Å². The maximum atomic E-state index is 12.2. The first-order chi connectivity index (χ1) is 9.29. The molecule has 0 amide bonds. The number of nitrogen functional groups attached to an aromatic ring is 1. The van der Waals surface area contributed by atoms with E-state index in [-0.39, 0.29) is 10.9 Å². The summed E-state index contributed by atoms with van der Waals surface area (Å²) in [5, 5.41) is 4.09. The van der Waals surface area contributed by atoms with E-state index in [9.17, 15) is 8.42 Å². The Kier molecular flexibility index (Phi) is 3.71. The molecule has 0 fully saturated rings. The minimum atomic E-state index is -3.65. The van der Waals surface area contributed by atoms with Crippen LogP contribution in [0.25, 0.3) is 0 Å². The molecule has 0 bridgehead atoms. The van der Waals surface area contributed by atoms with Crippen molar-refractivity contribution in [3.63, 3.8) is 0 Å². The zero-order valence-electron chi connectivity index (χ0n) is 11.7. The standard InChI is InChI=1S/C13H18N4O2S/c1-9(2)17-8-11(7-15-17)16-20(18,19)12-5-4-10(3)13(14)6-12/h4-9,16H,14H2,1-3H3. The van der Waals surface area contributed by atoms with Crippen LogP contribution in [-0.4, -0.2) is 18.2 Å². The molecule has 0 saturated carbocycles. The van der Waals surface area contributed by atoms with Crippen molar-refractivity contribution in [3.8, 4) is 0 Å². The average molecular weight is 294 g/mol. The molecule has 0 aliphatic heterocycles. The molecule has 0 atom stereocenters. The third kappa shape index (κ3) is 2.93. The van der Waals surface area contributed by atoms with Gasteiger partial charge in [-0.15, -0.1) is 0 Å². The zero-order valence-corrected chi connectivity index (χ0v) is 12.5. The van der Waals surface area contributed by atoms with E-state index in [1.165, 1.54) is 18.3 Å². The normalized spacial score (nSPS) is 11.8. The number of benzene rings is 1. The number of nitrogens with two attached hydrogens (primary N) is 1. The van der Waals surface area contributed by atoms with Gasteiger partial charge in [0.25, 0.3) is 10.0 Å². The molecule has 20 heavy (non-hydrogen) atoms. The van der Waals surface area contributed by atoms with Crippen LogP contribution in [0.2, 0.25) is 0 Å². The fraction of sp³-hybridized carbons (Fsp3) is 0.308. The molecular formula is C13H18N4O2S. The third-order valence-electron chi connectivity index (χ3n) is 2.94. The van der Waals surface area contributed by atoms with Gasteiger partial charge < -0.3 is 5.73 Å². The number of aryl methyl sites for hydroxylation is 1. The van der Waals surface area contributed by atoms with E-state index in [2.05, 4.69) is 9.82 Å². The van der Waals surface area contributed by atoms with Crippen molar-refractivity contribution in [2.24, 2.45) is 0 Å². The first kappa shape index (κ1) is 14.4. The predicted molar refractivity (Wildman–Crippen MR) is 79.0 cm³/mol. The van der Waals surface area contributed by atoms with Crippen LogP contribution in [-0.2, 0) is 10.0 Å². The Balaban J connectivity index is 2.28. The molecule has 0 aliphatic rings. The summed E-state index contributed by atoms with van der Waals surface area (Å²) in [6.45, 7) is 5.75.